The summed E-state index contributed by atoms with van der Waals surface area (Å²) in [4.78, 5) is 2.98. The molecular weight excluding hydrogens is 152 g/mol. The SMILES string of the molecule is Cn1nc(N)cc1-c1cc[nH]c1. The van der Waals surface area contributed by atoms with Crippen LogP contribution in [0, 0.1) is 0 Å². The molecule has 0 saturated carbocycles. The topological polar surface area (TPSA) is 59.6 Å². The highest BCUT2D eigenvalue weighted by molar-refractivity contribution is 5.61. The third-order valence-corrected chi connectivity index (χ3v) is 1.79. The van der Waals surface area contributed by atoms with Gasteiger partial charge in [0, 0.05) is 31.1 Å². The summed E-state index contributed by atoms with van der Waals surface area (Å²) in [7, 11) is 1.87. The second-order valence-electron chi connectivity index (χ2n) is 2.68. The number of nitrogens with two attached hydrogens (primary N) is 1. The fraction of sp³-hybridized carbons (Fsp3) is 0.125. The Labute approximate surface area is 70.0 Å². The zero-order valence-corrected chi connectivity index (χ0v) is 6.78. The van der Waals surface area contributed by atoms with Gasteiger partial charge in [0.05, 0.1) is 5.69 Å². The van der Waals surface area contributed by atoms with Gasteiger partial charge in [-0.3, -0.25) is 4.68 Å². The number of nitrogens with zero attached hydrogens (tertiary/aromatic N) is 2. The summed E-state index contributed by atoms with van der Waals surface area (Å²) in [5, 5.41) is 4.05. The molecule has 0 aliphatic heterocycles. The molecule has 0 bridgehead atoms. The number of aromatic amines is 1. The Balaban J connectivity index is 2.54. The molecule has 0 unspecified atom stereocenters. The van der Waals surface area contributed by atoms with Gasteiger partial charge in [-0.1, -0.05) is 0 Å². The number of aryl methyl sites for hydroxylation is 1. The minimum atomic E-state index is 0.550. The molecule has 0 spiro atoms. The molecule has 12 heavy (non-hydrogen) atoms. The Morgan fingerprint density at radius 3 is 2.92 bits per heavy atom. The summed E-state index contributed by atoms with van der Waals surface area (Å²) in [6.07, 6.45) is 3.79. The van der Waals surface area contributed by atoms with Crippen molar-refractivity contribution in [3.63, 3.8) is 0 Å². The normalized spacial score (nSPS) is 10.4. The molecule has 0 aliphatic carbocycles. The first-order chi connectivity index (χ1) is 5.77. The summed E-state index contributed by atoms with van der Waals surface area (Å²) >= 11 is 0. The summed E-state index contributed by atoms with van der Waals surface area (Å²) in [6, 6.07) is 3.83. The van der Waals surface area contributed by atoms with Gasteiger partial charge in [-0.2, -0.15) is 5.10 Å². The van der Waals surface area contributed by atoms with E-state index in [9.17, 15) is 0 Å². The van der Waals surface area contributed by atoms with Crippen LogP contribution >= 0.6 is 0 Å². The van der Waals surface area contributed by atoms with Crippen LogP contribution in [0.5, 0.6) is 0 Å². The van der Waals surface area contributed by atoms with Crippen LogP contribution in [-0.4, -0.2) is 14.8 Å². The van der Waals surface area contributed by atoms with Crippen molar-refractivity contribution in [2.75, 3.05) is 5.73 Å². The molecule has 62 valence electrons. The van der Waals surface area contributed by atoms with E-state index >= 15 is 0 Å². The number of H-pyrrole nitrogens is 1. The van der Waals surface area contributed by atoms with E-state index in [4.69, 9.17) is 5.73 Å². The molecule has 0 fully saturated rings. The van der Waals surface area contributed by atoms with E-state index in [0.29, 0.717) is 5.82 Å². The van der Waals surface area contributed by atoms with Gasteiger partial charge in [0.15, 0.2) is 0 Å². The Kier molecular flexibility index (Phi) is 1.40. The van der Waals surface area contributed by atoms with Crippen LogP contribution in [0.25, 0.3) is 11.3 Å². The zero-order chi connectivity index (χ0) is 8.55. The Bertz CT molecular complexity index is 372. The van der Waals surface area contributed by atoms with Crippen LogP contribution in [0.3, 0.4) is 0 Å². The monoisotopic (exact) mass is 162 g/mol. The second kappa shape index (κ2) is 2.41. The molecule has 2 aromatic heterocycles. The number of hydrogen-bond donors (Lipinski definition) is 2. The summed E-state index contributed by atoms with van der Waals surface area (Å²) in [6.45, 7) is 0. The molecule has 3 N–H and O–H groups in total. The van der Waals surface area contributed by atoms with E-state index in [-0.39, 0.29) is 0 Å². The standard InChI is InChI=1S/C8H10N4/c1-12-7(4-8(9)11-12)6-2-3-10-5-6/h2-5,10H,1H3,(H2,9,11). The maximum absolute atomic E-state index is 5.54. The van der Waals surface area contributed by atoms with Crippen LogP contribution in [0.2, 0.25) is 0 Å². The van der Waals surface area contributed by atoms with Crippen LogP contribution in [-0.2, 0) is 7.05 Å². The van der Waals surface area contributed by atoms with Crippen LogP contribution in [0.15, 0.2) is 24.5 Å². The predicted octanol–water partition coefficient (Wildman–Crippen LogP) is 0.997. The van der Waals surface area contributed by atoms with Gasteiger partial charge in [-0.05, 0) is 6.07 Å². The van der Waals surface area contributed by atoms with Gasteiger partial charge in [-0.25, -0.2) is 0 Å². The summed E-state index contributed by atoms with van der Waals surface area (Å²) in [5.41, 5.74) is 7.66. The first-order valence-corrected chi connectivity index (χ1v) is 3.70. The average molecular weight is 162 g/mol. The first kappa shape index (κ1) is 6.97. The molecule has 2 rings (SSSR count). The van der Waals surface area contributed by atoms with E-state index in [1.54, 1.807) is 4.68 Å². The van der Waals surface area contributed by atoms with Gasteiger partial charge in [0.2, 0.25) is 0 Å². The fourth-order valence-corrected chi connectivity index (χ4v) is 1.24. The largest absolute Gasteiger partial charge is 0.382 e. The molecule has 2 heterocycles. The molecule has 0 aromatic carbocycles. The van der Waals surface area contributed by atoms with E-state index < -0.39 is 0 Å². The van der Waals surface area contributed by atoms with Gasteiger partial charge in [0.25, 0.3) is 0 Å². The fourth-order valence-electron chi connectivity index (χ4n) is 1.24. The Morgan fingerprint density at radius 1 is 1.58 bits per heavy atom. The predicted molar refractivity (Wildman–Crippen MR) is 47.4 cm³/mol. The lowest BCUT2D eigenvalue weighted by molar-refractivity contribution is 0.780. The van der Waals surface area contributed by atoms with Crippen molar-refractivity contribution in [2.45, 2.75) is 0 Å². The van der Waals surface area contributed by atoms with Crippen molar-refractivity contribution in [2.24, 2.45) is 7.05 Å². The van der Waals surface area contributed by atoms with E-state index in [1.165, 1.54) is 0 Å². The first-order valence-electron chi connectivity index (χ1n) is 3.70. The highest BCUT2D eigenvalue weighted by Gasteiger charge is 2.04. The number of nitrogen functional groups attached to an aromatic ring is 1. The molecule has 0 saturated heterocycles. The second-order valence-corrected chi connectivity index (χ2v) is 2.68. The number of aromatic nitrogens is 3. The zero-order valence-electron chi connectivity index (χ0n) is 6.78. The molecule has 0 amide bonds. The van der Waals surface area contributed by atoms with Crippen molar-refractivity contribution >= 4 is 5.82 Å². The van der Waals surface area contributed by atoms with Gasteiger partial charge < -0.3 is 10.7 Å². The van der Waals surface area contributed by atoms with E-state index in [0.717, 1.165) is 11.3 Å². The quantitative estimate of drug-likeness (QED) is 0.657. The molecule has 4 heteroatoms. The van der Waals surface area contributed by atoms with Crippen LogP contribution in [0.1, 0.15) is 0 Å². The minimum absolute atomic E-state index is 0.550. The number of nitrogens with one attached hydrogen (secondary N) is 1. The number of rotatable bonds is 1. The van der Waals surface area contributed by atoms with Crippen molar-refractivity contribution < 1.29 is 0 Å². The molecule has 2 aromatic rings. The van der Waals surface area contributed by atoms with Crippen LogP contribution in [0.4, 0.5) is 5.82 Å². The molecule has 4 nitrogen and oxygen atoms in total. The third-order valence-electron chi connectivity index (χ3n) is 1.79. The average Bonchev–Trinajstić information content (AvgIpc) is 2.58. The van der Waals surface area contributed by atoms with Gasteiger partial charge in [0.1, 0.15) is 5.82 Å². The maximum Gasteiger partial charge on any atom is 0.146 e. The lowest BCUT2D eigenvalue weighted by atomic mass is 10.2. The van der Waals surface area contributed by atoms with Crippen molar-refractivity contribution in [3.05, 3.63) is 24.5 Å². The summed E-state index contributed by atoms with van der Waals surface area (Å²) in [5.74, 6) is 0.550. The van der Waals surface area contributed by atoms with E-state index in [2.05, 4.69) is 10.1 Å². The highest BCUT2D eigenvalue weighted by atomic mass is 15.3. The minimum Gasteiger partial charge on any atom is -0.382 e. The molecular formula is C8H10N4. The van der Waals surface area contributed by atoms with Gasteiger partial charge >= 0.3 is 0 Å². The molecule has 0 atom stereocenters. The lowest BCUT2D eigenvalue weighted by Gasteiger charge is -1.95. The number of anilines is 1. The van der Waals surface area contributed by atoms with Crippen molar-refractivity contribution in [3.8, 4) is 11.3 Å². The van der Waals surface area contributed by atoms with Crippen molar-refractivity contribution in [1.82, 2.24) is 14.8 Å². The number of hydrogen-bond acceptors (Lipinski definition) is 2. The smallest absolute Gasteiger partial charge is 0.146 e. The highest BCUT2D eigenvalue weighted by Crippen LogP contribution is 2.19. The molecule has 0 radical (unpaired) electrons. The third kappa shape index (κ3) is 0.972. The molecule has 0 aliphatic rings. The lowest BCUT2D eigenvalue weighted by Crippen LogP contribution is -1.93. The van der Waals surface area contributed by atoms with Crippen molar-refractivity contribution in [1.29, 1.82) is 0 Å². The van der Waals surface area contributed by atoms with Gasteiger partial charge in [-0.15, -0.1) is 0 Å². The van der Waals surface area contributed by atoms with E-state index in [1.807, 2.05) is 31.6 Å². The van der Waals surface area contributed by atoms with Crippen LogP contribution < -0.4 is 5.73 Å². The Morgan fingerprint density at radius 2 is 2.42 bits per heavy atom. The maximum atomic E-state index is 5.54. The Hall–Kier alpha value is -1.71. The summed E-state index contributed by atoms with van der Waals surface area (Å²) < 4.78 is 1.76.